The number of aromatic nitrogens is 3. The molecule has 1 atom stereocenters. The summed E-state index contributed by atoms with van der Waals surface area (Å²) in [7, 11) is 0. The van der Waals surface area contributed by atoms with E-state index in [1.54, 1.807) is 6.20 Å². The van der Waals surface area contributed by atoms with Gasteiger partial charge in [-0.3, -0.25) is 4.40 Å². The van der Waals surface area contributed by atoms with Crippen LogP contribution in [0.5, 0.6) is 0 Å². The third-order valence-corrected chi connectivity index (χ3v) is 3.49. The van der Waals surface area contributed by atoms with Gasteiger partial charge in [-0.2, -0.15) is 0 Å². The minimum Gasteiger partial charge on any atom is -0.382 e. The SMILES string of the molecule is Br.Nc1nccn2c([C@@H]3CCCN3)nc(Br)c12. The lowest BCUT2D eigenvalue weighted by Gasteiger charge is -2.08. The molecule has 0 saturated carbocycles. The second-order valence-corrected chi connectivity index (χ2v) is 4.69. The van der Waals surface area contributed by atoms with E-state index in [9.17, 15) is 0 Å². The number of hydrogen-bond donors (Lipinski definition) is 2. The number of hydrogen-bond acceptors (Lipinski definition) is 4. The van der Waals surface area contributed by atoms with Crippen LogP contribution in [0.25, 0.3) is 5.52 Å². The third-order valence-electron chi connectivity index (χ3n) is 2.94. The maximum absolute atomic E-state index is 5.85. The summed E-state index contributed by atoms with van der Waals surface area (Å²) in [6.45, 7) is 1.05. The Morgan fingerprint density at radius 2 is 2.35 bits per heavy atom. The largest absolute Gasteiger partial charge is 0.382 e. The monoisotopic (exact) mass is 361 g/mol. The Morgan fingerprint density at radius 1 is 1.53 bits per heavy atom. The van der Waals surface area contributed by atoms with E-state index in [1.807, 2.05) is 10.6 Å². The molecule has 0 bridgehead atoms. The second-order valence-electron chi connectivity index (χ2n) is 3.94. The molecule has 0 aromatic carbocycles. The Hall–Kier alpha value is -0.660. The second kappa shape index (κ2) is 4.91. The fourth-order valence-electron chi connectivity index (χ4n) is 2.19. The lowest BCUT2D eigenvalue weighted by molar-refractivity contribution is 0.602. The van der Waals surface area contributed by atoms with Crippen molar-refractivity contribution in [3.05, 3.63) is 22.8 Å². The van der Waals surface area contributed by atoms with Crippen molar-refractivity contribution in [2.24, 2.45) is 0 Å². The molecular formula is C10H13Br2N5. The van der Waals surface area contributed by atoms with Crippen LogP contribution in [0.1, 0.15) is 24.7 Å². The van der Waals surface area contributed by atoms with E-state index in [2.05, 4.69) is 31.2 Å². The molecule has 0 spiro atoms. The van der Waals surface area contributed by atoms with Gasteiger partial charge in [0.25, 0.3) is 0 Å². The summed E-state index contributed by atoms with van der Waals surface area (Å²) in [5.41, 5.74) is 6.70. The van der Waals surface area contributed by atoms with Gasteiger partial charge in [-0.05, 0) is 35.3 Å². The van der Waals surface area contributed by atoms with Crippen molar-refractivity contribution >= 4 is 44.2 Å². The molecule has 1 saturated heterocycles. The van der Waals surface area contributed by atoms with E-state index >= 15 is 0 Å². The number of halogens is 2. The van der Waals surface area contributed by atoms with Crippen LogP contribution in [0, 0.1) is 0 Å². The zero-order valence-electron chi connectivity index (χ0n) is 9.06. The lowest BCUT2D eigenvalue weighted by Crippen LogP contribution is -2.15. The zero-order valence-corrected chi connectivity index (χ0v) is 12.4. The van der Waals surface area contributed by atoms with Gasteiger partial charge in [-0.25, -0.2) is 9.97 Å². The van der Waals surface area contributed by atoms with Gasteiger partial charge in [0.05, 0.1) is 6.04 Å². The average Bonchev–Trinajstić information content (AvgIpc) is 2.86. The first-order valence-corrected chi connectivity index (χ1v) is 6.08. The van der Waals surface area contributed by atoms with Crippen molar-refractivity contribution in [1.82, 2.24) is 19.7 Å². The standard InChI is InChI=1S/C10H12BrN5.BrH/c11-8-7-9(12)14-4-5-16(7)10(15-8)6-2-1-3-13-6;/h4-6,13H,1-3H2,(H2,12,14);1H/t6-;/m0./s1. The first-order chi connectivity index (χ1) is 7.77. The van der Waals surface area contributed by atoms with Crippen LogP contribution >= 0.6 is 32.9 Å². The predicted octanol–water partition coefficient (Wildman–Crippen LogP) is 2.08. The number of nitrogens with two attached hydrogens (primary N) is 1. The lowest BCUT2D eigenvalue weighted by atomic mass is 10.2. The van der Waals surface area contributed by atoms with Crippen LogP contribution in [0.15, 0.2) is 17.0 Å². The van der Waals surface area contributed by atoms with E-state index in [1.165, 1.54) is 6.42 Å². The van der Waals surface area contributed by atoms with E-state index in [4.69, 9.17) is 5.73 Å². The maximum atomic E-state index is 5.85. The molecule has 3 N–H and O–H groups in total. The number of anilines is 1. The molecule has 0 aliphatic carbocycles. The van der Waals surface area contributed by atoms with E-state index in [0.717, 1.165) is 28.9 Å². The first-order valence-electron chi connectivity index (χ1n) is 5.28. The number of nitrogens with zero attached hydrogens (tertiary/aromatic N) is 3. The van der Waals surface area contributed by atoms with Crippen LogP contribution in [0.2, 0.25) is 0 Å². The van der Waals surface area contributed by atoms with E-state index < -0.39 is 0 Å². The van der Waals surface area contributed by atoms with Crippen LogP contribution in [-0.4, -0.2) is 20.9 Å². The van der Waals surface area contributed by atoms with Gasteiger partial charge >= 0.3 is 0 Å². The smallest absolute Gasteiger partial charge is 0.150 e. The number of rotatable bonds is 1. The molecule has 1 fully saturated rings. The fraction of sp³-hybridized carbons (Fsp3) is 0.400. The highest BCUT2D eigenvalue weighted by Crippen LogP contribution is 2.29. The Balaban J connectivity index is 0.00000108. The molecule has 2 aromatic heterocycles. The molecule has 3 rings (SSSR count). The fourth-order valence-corrected chi connectivity index (χ4v) is 2.77. The predicted molar refractivity (Wildman–Crippen MR) is 75.4 cm³/mol. The average molecular weight is 363 g/mol. The number of fused-ring (bicyclic) bond motifs is 1. The first kappa shape index (κ1) is 12.8. The highest BCUT2D eigenvalue weighted by atomic mass is 79.9. The van der Waals surface area contributed by atoms with Crippen molar-refractivity contribution in [1.29, 1.82) is 0 Å². The zero-order chi connectivity index (χ0) is 11.1. The summed E-state index contributed by atoms with van der Waals surface area (Å²) in [5.74, 6) is 1.51. The van der Waals surface area contributed by atoms with Gasteiger partial charge in [0.2, 0.25) is 0 Å². The van der Waals surface area contributed by atoms with Gasteiger partial charge < -0.3 is 11.1 Å². The maximum Gasteiger partial charge on any atom is 0.150 e. The van der Waals surface area contributed by atoms with Crippen molar-refractivity contribution in [3.8, 4) is 0 Å². The highest BCUT2D eigenvalue weighted by molar-refractivity contribution is 9.10. The van der Waals surface area contributed by atoms with Crippen LogP contribution < -0.4 is 11.1 Å². The number of nitrogens with one attached hydrogen (secondary N) is 1. The molecule has 1 aliphatic heterocycles. The number of nitrogen functional groups attached to an aromatic ring is 1. The van der Waals surface area contributed by atoms with Gasteiger partial charge in [0.1, 0.15) is 15.9 Å². The van der Waals surface area contributed by atoms with Crippen molar-refractivity contribution < 1.29 is 0 Å². The minimum atomic E-state index is 0. The summed E-state index contributed by atoms with van der Waals surface area (Å²) in [6, 6.07) is 0.320. The molecule has 2 aromatic rings. The van der Waals surface area contributed by atoms with Crippen molar-refractivity contribution in [2.75, 3.05) is 12.3 Å². The normalized spacial score (nSPS) is 19.5. The molecule has 17 heavy (non-hydrogen) atoms. The van der Waals surface area contributed by atoms with Gasteiger partial charge in [-0.15, -0.1) is 17.0 Å². The number of imidazole rings is 1. The van der Waals surface area contributed by atoms with Crippen molar-refractivity contribution in [2.45, 2.75) is 18.9 Å². The van der Waals surface area contributed by atoms with Crippen LogP contribution in [0.4, 0.5) is 5.82 Å². The molecule has 0 radical (unpaired) electrons. The summed E-state index contributed by atoms with van der Waals surface area (Å²) >= 11 is 3.44. The Labute approximate surface area is 118 Å². The molecule has 1 aliphatic rings. The summed E-state index contributed by atoms with van der Waals surface area (Å²) in [4.78, 5) is 8.60. The summed E-state index contributed by atoms with van der Waals surface area (Å²) in [6.07, 6.45) is 5.92. The topological polar surface area (TPSA) is 68.2 Å². The summed E-state index contributed by atoms with van der Waals surface area (Å²) < 4.78 is 2.77. The molecule has 3 heterocycles. The van der Waals surface area contributed by atoms with E-state index in [-0.39, 0.29) is 17.0 Å². The molecular weight excluding hydrogens is 350 g/mol. The molecule has 7 heteroatoms. The van der Waals surface area contributed by atoms with Crippen molar-refractivity contribution in [3.63, 3.8) is 0 Å². The molecule has 92 valence electrons. The van der Waals surface area contributed by atoms with Gasteiger partial charge in [0, 0.05) is 12.4 Å². The van der Waals surface area contributed by atoms with Gasteiger partial charge in [0.15, 0.2) is 5.82 Å². The van der Waals surface area contributed by atoms with Gasteiger partial charge in [-0.1, -0.05) is 0 Å². The molecule has 5 nitrogen and oxygen atoms in total. The highest BCUT2D eigenvalue weighted by Gasteiger charge is 2.23. The quantitative estimate of drug-likeness (QED) is 0.814. The minimum absolute atomic E-state index is 0. The molecule has 0 unspecified atom stereocenters. The van der Waals surface area contributed by atoms with Crippen LogP contribution in [-0.2, 0) is 0 Å². The van der Waals surface area contributed by atoms with Crippen LogP contribution in [0.3, 0.4) is 0 Å². The molecule has 0 amide bonds. The third kappa shape index (κ3) is 2.07. The summed E-state index contributed by atoms with van der Waals surface area (Å²) in [5, 5.41) is 3.43. The van der Waals surface area contributed by atoms with E-state index in [0.29, 0.717) is 11.9 Å². The Kier molecular flexibility index (Phi) is 3.70. The Bertz CT molecular complexity index is 533. The Morgan fingerprint density at radius 3 is 3.06 bits per heavy atom.